The van der Waals surface area contributed by atoms with Gasteiger partial charge in [0.15, 0.2) is 11.5 Å². The topological polar surface area (TPSA) is 143 Å². The van der Waals surface area contributed by atoms with E-state index in [0.29, 0.717) is 40.0 Å². The van der Waals surface area contributed by atoms with E-state index in [0.717, 1.165) is 25.7 Å². The van der Waals surface area contributed by atoms with E-state index in [1.54, 1.807) is 18.5 Å². The van der Waals surface area contributed by atoms with Crippen LogP contribution in [0.1, 0.15) is 25.7 Å². The third-order valence-corrected chi connectivity index (χ3v) is 6.97. The molecule has 10 nitrogen and oxygen atoms in total. The highest BCUT2D eigenvalue weighted by atomic mass is 35.5. The number of aliphatic carboxylic acids is 1. The first kappa shape index (κ1) is 20.1. The van der Waals surface area contributed by atoms with Gasteiger partial charge in [0, 0.05) is 18.3 Å². The van der Waals surface area contributed by atoms with Gasteiger partial charge in [0.2, 0.25) is 5.89 Å². The number of carboxylic acid groups (broad SMARTS) is 1. The molecule has 0 spiro atoms. The van der Waals surface area contributed by atoms with Crippen LogP contribution in [0.15, 0.2) is 35.3 Å². The molecule has 0 amide bonds. The summed E-state index contributed by atoms with van der Waals surface area (Å²) >= 11 is 6.07. The Kier molecular flexibility index (Phi) is 4.75. The van der Waals surface area contributed by atoms with Crippen molar-refractivity contribution < 1.29 is 14.3 Å². The van der Waals surface area contributed by atoms with Crippen molar-refractivity contribution in [1.29, 1.82) is 0 Å². The first-order valence-electron chi connectivity index (χ1n) is 10.8. The minimum absolute atomic E-state index is 0.184. The number of rotatable bonds is 5. The van der Waals surface area contributed by atoms with Crippen molar-refractivity contribution in [3.8, 4) is 23.0 Å². The van der Waals surface area contributed by atoms with Gasteiger partial charge in [-0.25, -0.2) is 24.9 Å². The Morgan fingerprint density at radius 3 is 2.73 bits per heavy atom. The van der Waals surface area contributed by atoms with E-state index in [4.69, 9.17) is 21.0 Å². The monoisotopic (exact) mass is 465 g/mol. The maximum absolute atomic E-state index is 12.1. The quantitative estimate of drug-likeness (QED) is 0.398. The zero-order chi connectivity index (χ0) is 22.5. The molecule has 2 atom stereocenters. The zero-order valence-electron chi connectivity index (χ0n) is 17.4. The molecule has 4 aromatic rings. The van der Waals surface area contributed by atoms with Crippen LogP contribution in [0.2, 0.25) is 5.15 Å². The molecule has 2 bridgehead atoms. The van der Waals surface area contributed by atoms with Gasteiger partial charge in [0.1, 0.15) is 28.4 Å². The largest absolute Gasteiger partial charge is 0.481 e. The summed E-state index contributed by atoms with van der Waals surface area (Å²) in [5.74, 6) is 0.501. The number of anilines is 1. The number of hydrogen-bond acceptors (Lipinski definition) is 8. The summed E-state index contributed by atoms with van der Waals surface area (Å²) in [7, 11) is 0. The van der Waals surface area contributed by atoms with Gasteiger partial charge in [0.25, 0.3) is 0 Å². The summed E-state index contributed by atoms with van der Waals surface area (Å²) in [5.41, 5.74) is 2.20. The fraction of sp³-hybridized carbons (Fsp3) is 0.364. The van der Waals surface area contributed by atoms with Crippen molar-refractivity contribution in [3.63, 3.8) is 0 Å². The molecule has 3 aliphatic carbocycles. The van der Waals surface area contributed by atoms with Crippen molar-refractivity contribution in [2.24, 2.45) is 17.8 Å². The predicted octanol–water partition coefficient (Wildman–Crippen LogP) is 4.02. The van der Waals surface area contributed by atoms with Gasteiger partial charge in [-0.3, -0.25) is 4.79 Å². The highest BCUT2D eigenvalue weighted by Crippen LogP contribution is 2.46. The Morgan fingerprint density at radius 1 is 1.15 bits per heavy atom. The van der Waals surface area contributed by atoms with Gasteiger partial charge in [-0.1, -0.05) is 11.6 Å². The van der Waals surface area contributed by atoms with Crippen LogP contribution in [0.5, 0.6) is 0 Å². The van der Waals surface area contributed by atoms with Gasteiger partial charge in [-0.05, 0) is 37.5 Å². The molecule has 0 saturated heterocycles. The lowest BCUT2D eigenvalue weighted by Gasteiger charge is -2.47. The first-order valence-corrected chi connectivity index (χ1v) is 11.2. The van der Waals surface area contributed by atoms with E-state index in [1.807, 2.05) is 0 Å². The Labute approximate surface area is 192 Å². The lowest BCUT2D eigenvalue weighted by atomic mass is 9.61. The molecular weight excluding hydrogens is 446 g/mol. The zero-order valence-corrected chi connectivity index (χ0v) is 18.2. The average molecular weight is 466 g/mol. The number of carboxylic acids is 1. The molecule has 0 radical (unpaired) electrons. The van der Waals surface area contributed by atoms with Crippen LogP contribution in [0, 0.1) is 17.8 Å². The minimum Gasteiger partial charge on any atom is -0.481 e. The van der Waals surface area contributed by atoms with Crippen LogP contribution in [-0.4, -0.2) is 47.0 Å². The number of oxazole rings is 1. The molecule has 4 heterocycles. The molecule has 0 unspecified atom stereocenters. The van der Waals surface area contributed by atoms with E-state index >= 15 is 0 Å². The fourth-order valence-electron chi connectivity index (χ4n) is 5.32. The standard InChI is InChI=1S/C22H20ClN7O3/c23-14-9-26-20-18(28-14)12(8-25-20)19-27-13(21-24-5-6-33-21)7-15(30-19)29-17-11-3-1-10(2-4-11)16(17)22(31)32/h5-11,16-17H,1-4H2,(H,25,26)(H,31,32)(H,27,29,30)/t10?,11?,16-,17-/m1/s1. The van der Waals surface area contributed by atoms with E-state index in [-0.39, 0.29) is 23.0 Å². The number of nitrogens with zero attached hydrogens (tertiary/aromatic N) is 5. The van der Waals surface area contributed by atoms with Gasteiger partial charge >= 0.3 is 5.97 Å². The number of fused-ring (bicyclic) bond motifs is 4. The summed E-state index contributed by atoms with van der Waals surface area (Å²) in [5, 5.41) is 13.6. The third-order valence-electron chi connectivity index (χ3n) is 6.79. The number of aromatic nitrogens is 6. The van der Waals surface area contributed by atoms with Crippen LogP contribution in [0.3, 0.4) is 0 Å². The van der Waals surface area contributed by atoms with Gasteiger partial charge in [-0.2, -0.15) is 0 Å². The molecule has 3 N–H and O–H groups in total. The fourth-order valence-corrected chi connectivity index (χ4v) is 5.46. The second-order valence-corrected chi connectivity index (χ2v) is 8.99. The molecule has 3 aliphatic rings. The summed E-state index contributed by atoms with van der Waals surface area (Å²) in [6.07, 6.45) is 10.2. The highest BCUT2D eigenvalue weighted by Gasteiger charge is 2.47. The van der Waals surface area contributed by atoms with Crippen molar-refractivity contribution in [3.05, 3.63) is 36.1 Å². The summed E-state index contributed by atoms with van der Waals surface area (Å²) in [4.78, 5) is 37.4. The molecule has 7 rings (SSSR count). The van der Waals surface area contributed by atoms with Crippen molar-refractivity contribution in [2.75, 3.05) is 5.32 Å². The first-order chi connectivity index (χ1) is 16.1. The van der Waals surface area contributed by atoms with Gasteiger partial charge in [-0.15, -0.1) is 0 Å². The van der Waals surface area contributed by atoms with Crippen LogP contribution < -0.4 is 5.32 Å². The Morgan fingerprint density at radius 2 is 1.97 bits per heavy atom. The molecule has 4 aromatic heterocycles. The molecule has 11 heteroatoms. The van der Waals surface area contributed by atoms with Crippen molar-refractivity contribution in [2.45, 2.75) is 31.7 Å². The van der Waals surface area contributed by atoms with Crippen LogP contribution in [0.25, 0.3) is 34.1 Å². The molecule has 3 fully saturated rings. The molecule has 3 saturated carbocycles. The maximum atomic E-state index is 12.1. The molecular formula is C22H20ClN7O3. The maximum Gasteiger partial charge on any atom is 0.308 e. The number of carbonyl (C=O) groups is 1. The second kappa shape index (κ2) is 7.80. The third kappa shape index (κ3) is 3.50. The van der Waals surface area contributed by atoms with Crippen molar-refractivity contribution in [1.82, 2.24) is 29.9 Å². The normalized spacial score (nSPS) is 24.3. The minimum atomic E-state index is -0.759. The van der Waals surface area contributed by atoms with Crippen LogP contribution in [-0.2, 0) is 4.79 Å². The number of hydrogen-bond donors (Lipinski definition) is 3. The molecule has 168 valence electrons. The Balaban J connectivity index is 1.45. The van der Waals surface area contributed by atoms with E-state index < -0.39 is 11.9 Å². The smallest absolute Gasteiger partial charge is 0.308 e. The van der Waals surface area contributed by atoms with E-state index in [1.165, 1.54) is 12.5 Å². The van der Waals surface area contributed by atoms with Crippen LogP contribution in [0.4, 0.5) is 5.82 Å². The lowest BCUT2D eigenvalue weighted by molar-refractivity contribution is -0.148. The Bertz CT molecular complexity index is 1330. The Hall–Kier alpha value is -3.53. The number of aromatic amines is 1. The molecule has 0 aromatic carbocycles. The molecule has 0 aliphatic heterocycles. The van der Waals surface area contributed by atoms with Crippen LogP contribution >= 0.6 is 11.6 Å². The SMILES string of the molecule is O=C(O)[C@@H]1C2CCC(CC2)[C@H]1Nc1cc(-c2ncco2)nc(-c2c[nH]c3ncc(Cl)nc23)n1. The molecule has 33 heavy (non-hydrogen) atoms. The second-order valence-electron chi connectivity index (χ2n) is 8.60. The number of H-pyrrole nitrogens is 1. The van der Waals surface area contributed by atoms with Crippen molar-refractivity contribution >= 4 is 34.6 Å². The van der Waals surface area contributed by atoms with E-state index in [2.05, 4.69) is 30.2 Å². The summed E-state index contributed by atoms with van der Waals surface area (Å²) in [6, 6.07) is 1.54. The predicted molar refractivity (Wildman–Crippen MR) is 119 cm³/mol. The summed E-state index contributed by atoms with van der Waals surface area (Å²) in [6.45, 7) is 0. The number of halogens is 1. The number of nitrogens with one attached hydrogen (secondary N) is 2. The highest BCUT2D eigenvalue weighted by molar-refractivity contribution is 6.29. The van der Waals surface area contributed by atoms with Gasteiger partial charge in [0.05, 0.1) is 23.9 Å². The lowest BCUT2D eigenvalue weighted by Crippen LogP contribution is -2.51. The summed E-state index contributed by atoms with van der Waals surface area (Å²) < 4.78 is 5.47. The van der Waals surface area contributed by atoms with E-state index in [9.17, 15) is 9.90 Å². The average Bonchev–Trinajstić information content (AvgIpc) is 3.49. The van der Waals surface area contributed by atoms with Gasteiger partial charge < -0.3 is 19.8 Å².